The molecule has 0 atom stereocenters. The van der Waals surface area contributed by atoms with Gasteiger partial charge < -0.3 is 20.8 Å². The maximum absolute atomic E-state index is 11.1. The summed E-state index contributed by atoms with van der Waals surface area (Å²) in [6, 6.07) is 14.5. The van der Waals surface area contributed by atoms with Crippen LogP contribution in [0.15, 0.2) is 51.9 Å². The van der Waals surface area contributed by atoms with Crippen molar-refractivity contribution in [2.75, 3.05) is 6.54 Å². The van der Waals surface area contributed by atoms with Crippen LogP contribution in [-0.4, -0.2) is 24.5 Å². The van der Waals surface area contributed by atoms with E-state index in [9.17, 15) is 4.79 Å². The fourth-order valence-corrected chi connectivity index (χ4v) is 3.56. The van der Waals surface area contributed by atoms with E-state index in [0.29, 0.717) is 24.3 Å². The molecule has 1 saturated carbocycles. The average molecular weight is 368 g/mol. The van der Waals surface area contributed by atoms with Crippen molar-refractivity contribution >= 4 is 11.9 Å². The molecule has 1 heterocycles. The third-order valence-corrected chi connectivity index (χ3v) is 4.98. The summed E-state index contributed by atoms with van der Waals surface area (Å²) in [7, 11) is 0. The number of benzene rings is 1. The van der Waals surface area contributed by atoms with Gasteiger partial charge in [-0.05, 0) is 56.2 Å². The van der Waals surface area contributed by atoms with Crippen molar-refractivity contribution in [2.24, 2.45) is 10.7 Å². The van der Waals surface area contributed by atoms with Crippen LogP contribution in [0.25, 0.3) is 0 Å². The lowest BCUT2D eigenvalue weighted by atomic mass is 9.82. The Kier molecular flexibility index (Phi) is 6.52. The molecule has 1 aliphatic rings. The number of furan rings is 1. The third-order valence-electron chi connectivity index (χ3n) is 4.98. The minimum Gasteiger partial charge on any atom is -0.454 e. The smallest absolute Gasteiger partial charge is 0.284 e. The van der Waals surface area contributed by atoms with Gasteiger partial charge in [0.15, 0.2) is 11.7 Å². The molecule has 0 bridgehead atoms. The Morgan fingerprint density at radius 1 is 1.15 bits per heavy atom. The molecule has 144 valence electrons. The van der Waals surface area contributed by atoms with Gasteiger partial charge in [0.05, 0.1) is 0 Å². The molecular weight excluding hydrogens is 340 g/mol. The second kappa shape index (κ2) is 9.26. The maximum atomic E-state index is 11.1. The molecule has 1 aromatic heterocycles. The van der Waals surface area contributed by atoms with Gasteiger partial charge in [-0.1, -0.05) is 30.3 Å². The van der Waals surface area contributed by atoms with Crippen LogP contribution in [0.4, 0.5) is 0 Å². The van der Waals surface area contributed by atoms with E-state index in [4.69, 9.17) is 10.2 Å². The number of carbonyl (C=O) groups excluding carboxylic acids is 1. The van der Waals surface area contributed by atoms with E-state index in [1.807, 2.05) is 6.92 Å². The van der Waals surface area contributed by atoms with Crippen LogP contribution in [0.1, 0.15) is 60.4 Å². The van der Waals surface area contributed by atoms with Gasteiger partial charge in [0.25, 0.3) is 5.91 Å². The molecule has 0 aliphatic heterocycles. The highest BCUT2D eigenvalue weighted by Crippen LogP contribution is 2.32. The zero-order valence-corrected chi connectivity index (χ0v) is 15.8. The van der Waals surface area contributed by atoms with E-state index < -0.39 is 5.91 Å². The van der Waals surface area contributed by atoms with Crippen molar-refractivity contribution in [2.45, 2.75) is 51.1 Å². The summed E-state index contributed by atoms with van der Waals surface area (Å²) in [6.45, 7) is 3.19. The molecule has 0 saturated heterocycles. The number of primary amides is 1. The number of aliphatic imine (C=N–C) groups is 1. The van der Waals surface area contributed by atoms with Crippen LogP contribution in [-0.2, 0) is 6.54 Å². The molecular formula is C21H28N4O2. The molecule has 0 radical (unpaired) electrons. The summed E-state index contributed by atoms with van der Waals surface area (Å²) in [5.41, 5.74) is 6.66. The first kappa shape index (κ1) is 19.0. The Hall–Kier alpha value is -2.76. The van der Waals surface area contributed by atoms with Gasteiger partial charge in [-0.15, -0.1) is 0 Å². The van der Waals surface area contributed by atoms with Gasteiger partial charge in [0.1, 0.15) is 12.3 Å². The largest absolute Gasteiger partial charge is 0.454 e. The van der Waals surface area contributed by atoms with Crippen molar-refractivity contribution in [3.8, 4) is 0 Å². The second-order valence-electron chi connectivity index (χ2n) is 6.93. The Morgan fingerprint density at radius 2 is 1.89 bits per heavy atom. The monoisotopic (exact) mass is 368 g/mol. The highest BCUT2D eigenvalue weighted by atomic mass is 16.3. The quantitative estimate of drug-likeness (QED) is 0.539. The van der Waals surface area contributed by atoms with E-state index in [1.165, 1.54) is 18.4 Å². The van der Waals surface area contributed by atoms with E-state index in [1.54, 1.807) is 12.1 Å². The Morgan fingerprint density at radius 3 is 2.52 bits per heavy atom. The number of nitrogens with one attached hydrogen (secondary N) is 2. The number of hydrogen-bond acceptors (Lipinski definition) is 3. The molecule has 6 heteroatoms. The molecule has 1 aromatic carbocycles. The number of nitrogens with zero attached hydrogens (tertiary/aromatic N) is 1. The van der Waals surface area contributed by atoms with E-state index in [-0.39, 0.29) is 5.76 Å². The fraction of sp³-hybridized carbons (Fsp3) is 0.429. The van der Waals surface area contributed by atoms with Gasteiger partial charge in [-0.25, -0.2) is 4.99 Å². The number of amides is 1. The number of nitrogens with two attached hydrogens (primary N) is 1. The van der Waals surface area contributed by atoms with Crippen molar-refractivity contribution in [3.05, 3.63) is 59.5 Å². The molecule has 0 spiro atoms. The molecule has 2 aromatic rings. The van der Waals surface area contributed by atoms with Crippen LogP contribution in [0.3, 0.4) is 0 Å². The maximum Gasteiger partial charge on any atom is 0.284 e. The molecule has 1 fully saturated rings. The first-order chi connectivity index (χ1) is 13.2. The molecule has 4 N–H and O–H groups in total. The number of guanidine groups is 1. The number of hydrogen-bond donors (Lipinski definition) is 3. The highest BCUT2D eigenvalue weighted by molar-refractivity contribution is 5.89. The van der Waals surface area contributed by atoms with Crippen LogP contribution in [0, 0.1) is 0 Å². The summed E-state index contributed by atoms with van der Waals surface area (Å²) < 4.78 is 5.39. The first-order valence-electron chi connectivity index (χ1n) is 9.64. The Labute approximate surface area is 160 Å². The topological polar surface area (TPSA) is 92.6 Å². The summed E-state index contributed by atoms with van der Waals surface area (Å²) >= 11 is 0. The Balaban J connectivity index is 1.54. The second-order valence-corrected chi connectivity index (χ2v) is 6.93. The van der Waals surface area contributed by atoms with Gasteiger partial charge >= 0.3 is 0 Å². The highest BCUT2D eigenvalue weighted by Gasteiger charge is 2.22. The molecule has 27 heavy (non-hydrogen) atoms. The fourth-order valence-electron chi connectivity index (χ4n) is 3.56. The summed E-state index contributed by atoms with van der Waals surface area (Å²) in [5.74, 6) is 1.65. The van der Waals surface area contributed by atoms with Gasteiger partial charge in [-0.3, -0.25) is 4.79 Å². The predicted molar refractivity (Wildman–Crippen MR) is 107 cm³/mol. The van der Waals surface area contributed by atoms with Crippen molar-refractivity contribution in [1.82, 2.24) is 10.6 Å². The van der Waals surface area contributed by atoms with Gasteiger partial charge in [0, 0.05) is 12.6 Å². The van der Waals surface area contributed by atoms with Gasteiger partial charge in [0.2, 0.25) is 0 Å². The summed E-state index contributed by atoms with van der Waals surface area (Å²) in [6.07, 6.45) is 4.61. The third kappa shape index (κ3) is 5.36. The van der Waals surface area contributed by atoms with Crippen LogP contribution >= 0.6 is 0 Å². The standard InChI is InChI=1S/C21H28N4O2/c1-2-23-21(24-14-18-12-13-19(27-18)20(22)26)25-17-10-8-16(9-11-17)15-6-4-3-5-7-15/h3-7,12-13,16-17H,2,8-11,14H2,1H3,(H2,22,26)(H2,23,24,25). The zero-order chi connectivity index (χ0) is 19.1. The molecule has 0 unspecified atom stereocenters. The zero-order valence-electron chi connectivity index (χ0n) is 15.8. The first-order valence-corrected chi connectivity index (χ1v) is 9.64. The van der Waals surface area contributed by atoms with Crippen molar-refractivity contribution in [3.63, 3.8) is 0 Å². The van der Waals surface area contributed by atoms with E-state index >= 15 is 0 Å². The lowest BCUT2D eigenvalue weighted by Gasteiger charge is -2.30. The van der Waals surface area contributed by atoms with Crippen molar-refractivity contribution < 1.29 is 9.21 Å². The van der Waals surface area contributed by atoms with Crippen molar-refractivity contribution in [1.29, 1.82) is 0 Å². The SMILES string of the molecule is CCNC(=NCc1ccc(C(N)=O)o1)NC1CCC(c2ccccc2)CC1. The lowest BCUT2D eigenvalue weighted by molar-refractivity contribution is 0.0972. The normalized spacial score (nSPS) is 20.3. The minimum absolute atomic E-state index is 0.164. The number of carbonyl (C=O) groups is 1. The van der Waals surface area contributed by atoms with Crippen LogP contribution in [0.2, 0.25) is 0 Å². The van der Waals surface area contributed by atoms with E-state index in [0.717, 1.165) is 25.3 Å². The van der Waals surface area contributed by atoms with Crippen LogP contribution in [0.5, 0.6) is 0 Å². The molecule has 6 nitrogen and oxygen atoms in total. The minimum atomic E-state index is -0.564. The Bertz CT molecular complexity index is 761. The van der Waals surface area contributed by atoms with E-state index in [2.05, 4.69) is 46.0 Å². The summed E-state index contributed by atoms with van der Waals surface area (Å²) in [5, 5.41) is 6.81. The summed E-state index contributed by atoms with van der Waals surface area (Å²) in [4.78, 5) is 15.7. The molecule has 1 amide bonds. The van der Waals surface area contributed by atoms with Gasteiger partial charge in [-0.2, -0.15) is 0 Å². The molecule has 1 aliphatic carbocycles. The predicted octanol–water partition coefficient (Wildman–Crippen LogP) is 3.16. The lowest BCUT2D eigenvalue weighted by Crippen LogP contribution is -2.44. The average Bonchev–Trinajstić information content (AvgIpc) is 3.17. The molecule has 3 rings (SSSR count). The number of rotatable bonds is 6. The van der Waals surface area contributed by atoms with Crippen LogP contribution < -0.4 is 16.4 Å².